The molecule has 2 rings (SSSR count). The fourth-order valence-corrected chi connectivity index (χ4v) is 1.90. The van der Waals surface area contributed by atoms with Gasteiger partial charge in [-0.05, 0) is 25.5 Å². The van der Waals surface area contributed by atoms with Crippen molar-refractivity contribution in [3.63, 3.8) is 0 Å². The summed E-state index contributed by atoms with van der Waals surface area (Å²) >= 11 is 0. The Morgan fingerprint density at radius 3 is 2.94 bits per heavy atom. The molecule has 1 atom stereocenters. The molecule has 0 saturated carbocycles. The smallest absolute Gasteiger partial charge is 0.354 e. The van der Waals surface area contributed by atoms with Gasteiger partial charge in [-0.15, -0.1) is 0 Å². The molecule has 1 aromatic heterocycles. The van der Waals surface area contributed by atoms with Crippen molar-refractivity contribution >= 4 is 11.7 Å². The maximum Gasteiger partial charge on any atom is 0.354 e. The Labute approximate surface area is 93.3 Å². The molecule has 0 radical (unpaired) electrons. The zero-order valence-electron chi connectivity index (χ0n) is 9.05. The molecule has 2 heterocycles. The number of β-amino-alcohol motifs (C(OH)–C–C–N with tert-alkyl or cyclic N) is 1. The molecule has 1 aliphatic rings. The van der Waals surface area contributed by atoms with Crippen LogP contribution in [0.3, 0.4) is 0 Å². The van der Waals surface area contributed by atoms with Crippen molar-refractivity contribution in [2.24, 2.45) is 0 Å². The van der Waals surface area contributed by atoms with Gasteiger partial charge in [-0.3, -0.25) is 0 Å². The van der Waals surface area contributed by atoms with E-state index in [-0.39, 0.29) is 5.69 Å². The molecular formula is C11H14N2O3. The topological polar surface area (TPSA) is 73.7 Å². The number of anilines is 1. The summed E-state index contributed by atoms with van der Waals surface area (Å²) in [6.45, 7) is 3.04. The third kappa shape index (κ3) is 2.14. The van der Waals surface area contributed by atoms with E-state index in [0.29, 0.717) is 13.0 Å². The first-order valence-corrected chi connectivity index (χ1v) is 5.15. The van der Waals surface area contributed by atoms with Crippen molar-refractivity contribution in [2.75, 3.05) is 18.0 Å². The Kier molecular flexibility index (Phi) is 2.55. The van der Waals surface area contributed by atoms with Gasteiger partial charge < -0.3 is 15.1 Å². The van der Waals surface area contributed by atoms with Gasteiger partial charge in [-0.1, -0.05) is 0 Å². The van der Waals surface area contributed by atoms with E-state index in [4.69, 9.17) is 5.11 Å². The van der Waals surface area contributed by atoms with Crippen molar-refractivity contribution in [3.8, 4) is 0 Å². The van der Waals surface area contributed by atoms with Crippen molar-refractivity contribution < 1.29 is 15.0 Å². The van der Waals surface area contributed by atoms with Crippen LogP contribution in [0.25, 0.3) is 0 Å². The highest BCUT2D eigenvalue weighted by Gasteiger charge is 2.31. The number of carboxylic acid groups (broad SMARTS) is 1. The summed E-state index contributed by atoms with van der Waals surface area (Å²) in [5.74, 6) is -1.03. The molecule has 86 valence electrons. The quantitative estimate of drug-likeness (QED) is 0.772. The summed E-state index contributed by atoms with van der Waals surface area (Å²) < 4.78 is 0. The molecule has 0 spiro atoms. The SMILES string of the molecule is CC1(O)CCN(c2ccnc(C(=O)O)c2)C1. The third-order valence-corrected chi connectivity index (χ3v) is 2.78. The Hall–Kier alpha value is -1.62. The molecule has 0 aliphatic carbocycles. The Morgan fingerprint density at radius 2 is 2.38 bits per heavy atom. The highest BCUT2D eigenvalue weighted by Crippen LogP contribution is 2.26. The third-order valence-electron chi connectivity index (χ3n) is 2.78. The minimum atomic E-state index is -1.03. The van der Waals surface area contributed by atoms with Crippen LogP contribution < -0.4 is 4.90 Å². The van der Waals surface area contributed by atoms with E-state index in [1.54, 1.807) is 13.0 Å². The average molecular weight is 222 g/mol. The first kappa shape index (κ1) is 10.9. The second kappa shape index (κ2) is 3.75. The van der Waals surface area contributed by atoms with Crippen LogP contribution in [0.1, 0.15) is 23.8 Å². The fourth-order valence-electron chi connectivity index (χ4n) is 1.90. The van der Waals surface area contributed by atoms with E-state index < -0.39 is 11.6 Å². The zero-order chi connectivity index (χ0) is 11.8. The van der Waals surface area contributed by atoms with Crippen LogP contribution in [0.2, 0.25) is 0 Å². The summed E-state index contributed by atoms with van der Waals surface area (Å²) in [4.78, 5) is 16.5. The van der Waals surface area contributed by atoms with Crippen LogP contribution in [-0.4, -0.2) is 39.9 Å². The number of pyridine rings is 1. The standard InChI is InChI=1S/C11H14N2O3/c1-11(16)3-5-13(7-11)8-2-4-12-9(6-8)10(14)15/h2,4,6,16H,3,5,7H2,1H3,(H,14,15). The van der Waals surface area contributed by atoms with Crippen LogP contribution in [0.5, 0.6) is 0 Å². The Morgan fingerprint density at radius 1 is 1.62 bits per heavy atom. The number of hydrogen-bond donors (Lipinski definition) is 2. The van der Waals surface area contributed by atoms with Crippen molar-refractivity contribution in [1.82, 2.24) is 4.98 Å². The lowest BCUT2D eigenvalue weighted by molar-refractivity contribution is 0.0690. The van der Waals surface area contributed by atoms with Gasteiger partial charge in [-0.2, -0.15) is 0 Å². The van der Waals surface area contributed by atoms with E-state index >= 15 is 0 Å². The predicted octanol–water partition coefficient (Wildman–Crippen LogP) is 0.741. The lowest BCUT2D eigenvalue weighted by Crippen LogP contribution is -2.29. The summed E-state index contributed by atoms with van der Waals surface area (Å²) in [6, 6.07) is 3.29. The number of aromatic nitrogens is 1. The minimum absolute atomic E-state index is 0.0315. The van der Waals surface area contributed by atoms with E-state index in [0.717, 1.165) is 12.2 Å². The molecule has 1 unspecified atom stereocenters. The summed E-state index contributed by atoms with van der Waals surface area (Å²) in [5, 5.41) is 18.7. The first-order valence-electron chi connectivity index (χ1n) is 5.15. The average Bonchev–Trinajstić information content (AvgIpc) is 2.59. The fraction of sp³-hybridized carbons (Fsp3) is 0.455. The zero-order valence-corrected chi connectivity index (χ0v) is 9.05. The predicted molar refractivity (Wildman–Crippen MR) is 58.7 cm³/mol. The number of hydrogen-bond acceptors (Lipinski definition) is 4. The number of nitrogens with zero attached hydrogens (tertiary/aromatic N) is 2. The number of aliphatic hydroxyl groups is 1. The van der Waals surface area contributed by atoms with Crippen LogP contribution in [0.15, 0.2) is 18.3 Å². The molecule has 1 aromatic rings. The number of rotatable bonds is 2. The van der Waals surface area contributed by atoms with Crippen molar-refractivity contribution in [3.05, 3.63) is 24.0 Å². The van der Waals surface area contributed by atoms with Gasteiger partial charge in [0.05, 0.1) is 5.60 Å². The normalized spacial score (nSPS) is 24.8. The molecule has 5 nitrogen and oxygen atoms in total. The molecule has 0 aromatic carbocycles. The second-order valence-electron chi connectivity index (χ2n) is 4.37. The van der Waals surface area contributed by atoms with E-state index in [1.165, 1.54) is 12.3 Å². The molecule has 1 saturated heterocycles. The lowest BCUT2D eigenvalue weighted by atomic mass is 10.1. The molecule has 1 aliphatic heterocycles. The van der Waals surface area contributed by atoms with Gasteiger partial charge in [0.25, 0.3) is 0 Å². The van der Waals surface area contributed by atoms with Gasteiger partial charge in [0.2, 0.25) is 0 Å². The maximum atomic E-state index is 10.8. The Bertz CT molecular complexity index is 417. The largest absolute Gasteiger partial charge is 0.477 e. The summed E-state index contributed by atoms with van der Waals surface area (Å²) in [7, 11) is 0. The molecule has 16 heavy (non-hydrogen) atoms. The maximum absolute atomic E-state index is 10.8. The van der Waals surface area contributed by atoms with Crippen molar-refractivity contribution in [1.29, 1.82) is 0 Å². The minimum Gasteiger partial charge on any atom is -0.477 e. The van der Waals surface area contributed by atoms with Gasteiger partial charge in [0, 0.05) is 25.0 Å². The lowest BCUT2D eigenvalue weighted by Gasteiger charge is -2.20. The second-order valence-corrected chi connectivity index (χ2v) is 4.37. The summed E-state index contributed by atoms with van der Waals surface area (Å²) in [6.07, 6.45) is 2.17. The molecule has 0 bridgehead atoms. The van der Waals surface area contributed by atoms with E-state index in [9.17, 15) is 9.90 Å². The van der Waals surface area contributed by atoms with Crippen LogP contribution in [0, 0.1) is 0 Å². The van der Waals surface area contributed by atoms with Crippen molar-refractivity contribution in [2.45, 2.75) is 18.9 Å². The van der Waals surface area contributed by atoms with Gasteiger partial charge in [-0.25, -0.2) is 9.78 Å². The molecule has 1 fully saturated rings. The van der Waals surface area contributed by atoms with Crippen LogP contribution in [-0.2, 0) is 0 Å². The molecular weight excluding hydrogens is 208 g/mol. The number of carbonyl (C=O) groups is 1. The van der Waals surface area contributed by atoms with Gasteiger partial charge >= 0.3 is 5.97 Å². The summed E-state index contributed by atoms with van der Waals surface area (Å²) in [5.41, 5.74) is 0.140. The highest BCUT2D eigenvalue weighted by atomic mass is 16.4. The van der Waals surface area contributed by atoms with E-state index in [1.807, 2.05) is 4.90 Å². The van der Waals surface area contributed by atoms with Gasteiger partial charge in [0.1, 0.15) is 5.69 Å². The van der Waals surface area contributed by atoms with Crippen LogP contribution in [0.4, 0.5) is 5.69 Å². The molecule has 5 heteroatoms. The number of carboxylic acids is 1. The number of aromatic carboxylic acids is 1. The Balaban J connectivity index is 2.22. The highest BCUT2D eigenvalue weighted by molar-refractivity contribution is 5.86. The van der Waals surface area contributed by atoms with Gasteiger partial charge in [0.15, 0.2) is 0 Å². The first-order chi connectivity index (χ1) is 7.48. The van der Waals surface area contributed by atoms with E-state index in [2.05, 4.69) is 4.98 Å². The van der Waals surface area contributed by atoms with Crippen LogP contribution >= 0.6 is 0 Å². The molecule has 2 N–H and O–H groups in total. The monoisotopic (exact) mass is 222 g/mol. The molecule has 0 amide bonds.